The van der Waals surface area contributed by atoms with Gasteiger partial charge >= 0.3 is 11.9 Å². The third-order valence-electron chi connectivity index (χ3n) is 9.40. The number of benzene rings is 3. The molecule has 0 amide bonds. The van der Waals surface area contributed by atoms with Crippen LogP contribution >= 0.6 is 0 Å². The molecule has 0 N–H and O–H groups in total. The van der Waals surface area contributed by atoms with E-state index in [1.54, 1.807) is 0 Å². The molecule has 0 bridgehead atoms. The van der Waals surface area contributed by atoms with Crippen molar-refractivity contribution in [1.82, 2.24) is 0 Å². The number of hydrogen-bond donors (Lipinski definition) is 0. The van der Waals surface area contributed by atoms with E-state index in [-0.39, 0.29) is 47.1 Å². The molecule has 43 heavy (non-hydrogen) atoms. The summed E-state index contributed by atoms with van der Waals surface area (Å²) < 4.78 is 18.7. The van der Waals surface area contributed by atoms with E-state index in [4.69, 9.17) is 13.9 Å². The van der Waals surface area contributed by atoms with Crippen LogP contribution in [0.4, 0.5) is 0 Å². The summed E-state index contributed by atoms with van der Waals surface area (Å²) in [7, 11) is -2.05. The number of hydrogen-bond acceptors (Lipinski definition) is 5. The summed E-state index contributed by atoms with van der Waals surface area (Å²) in [4.78, 5) is 25.5. The fourth-order valence-corrected chi connectivity index (χ4v) is 7.19. The van der Waals surface area contributed by atoms with Crippen LogP contribution < -0.4 is 0 Å². The molecule has 5 nitrogen and oxygen atoms in total. The highest BCUT2D eigenvalue weighted by atomic mass is 28.4. The zero-order valence-corrected chi connectivity index (χ0v) is 27.0. The zero-order valence-electron chi connectivity index (χ0n) is 26.0. The van der Waals surface area contributed by atoms with E-state index in [0.717, 1.165) is 24.0 Å². The number of fused-ring (bicyclic) bond motifs is 1. The molecule has 0 aromatic heterocycles. The van der Waals surface area contributed by atoms with Gasteiger partial charge in [-0.25, -0.2) is 4.79 Å². The Kier molecular flexibility index (Phi) is 9.38. The molecule has 1 aliphatic heterocycles. The molecular weight excluding hydrogens is 552 g/mol. The van der Waals surface area contributed by atoms with E-state index < -0.39 is 8.32 Å². The largest absolute Gasteiger partial charge is 0.462 e. The molecule has 226 valence electrons. The van der Waals surface area contributed by atoms with Crippen molar-refractivity contribution in [2.24, 2.45) is 11.8 Å². The Labute approximate surface area is 257 Å². The Morgan fingerprint density at radius 2 is 1.58 bits per heavy atom. The van der Waals surface area contributed by atoms with Crippen LogP contribution in [0.25, 0.3) is 11.1 Å². The summed E-state index contributed by atoms with van der Waals surface area (Å²) in [5.41, 5.74) is 3.93. The van der Waals surface area contributed by atoms with Crippen LogP contribution in [-0.4, -0.2) is 38.6 Å². The van der Waals surface area contributed by atoms with Gasteiger partial charge in [-0.15, -0.1) is 0 Å². The van der Waals surface area contributed by atoms with Gasteiger partial charge in [0.05, 0.1) is 18.1 Å². The molecule has 0 radical (unpaired) electrons. The molecule has 1 heterocycles. The summed E-state index contributed by atoms with van der Waals surface area (Å²) in [5.74, 6) is -0.656. The van der Waals surface area contributed by atoms with Crippen LogP contribution in [0, 0.1) is 11.8 Å². The molecule has 1 saturated carbocycles. The fourth-order valence-electron chi connectivity index (χ4n) is 5.88. The van der Waals surface area contributed by atoms with Gasteiger partial charge in [0.2, 0.25) is 0 Å². The van der Waals surface area contributed by atoms with Crippen LogP contribution in [0.5, 0.6) is 0 Å². The summed E-state index contributed by atoms with van der Waals surface area (Å²) in [6.07, 6.45) is 6.23. The van der Waals surface area contributed by atoms with Crippen LogP contribution in [0.2, 0.25) is 18.1 Å². The first-order valence-electron chi connectivity index (χ1n) is 15.5. The molecule has 0 unspecified atom stereocenters. The Morgan fingerprint density at radius 1 is 0.953 bits per heavy atom. The molecule has 2 fully saturated rings. The average molecular weight is 597 g/mol. The van der Waals surface area contributed by atoms with E-state index in [1.807, 2.05) is 60.7 Å². The second kappa shape index (κ2) is 13.0. The molecule has 2 aliphatic rings. The van der Waals surface area contributed by atoms with Gasteiger partial charge in [-0.1, -0.05) is 106 Å². The fraction of sp³-hybridized carbons (Fsp3) is 0.405. The van der Waals surface area contributed by atoms with Crippen LogP contribution in [0.3, 0.4) is 0 Å². The molecule has 5 rings (SSSR count). The van der Waals surface area contributed by atoms with Gasteiger partial charge in [-0.05, 0) is 59.8 Å². The number of carbonyl (C=O) groups is 2. The van der Waals surface area contributed by atoms with Gasteiger partial charge in [0.25, 0.3) is 0 Å². The van der Waals surface area contributed by atoms with Crippen molar-refractivity contribution in [3.8, 4) is 11.1 Å². The number of rotatable bonds is 10. The first kappa shape index (κ1) is 31.0. The summed E-state index contributed by atoms with van der Waals surface area (Å²) in [6, 6.07) is 28.1. The minimum atomic E-state index is -2.05. The minimum absolute atomic E-state index is 0.00958. The molecule has 1 aliphatic carbocycles. The molecule has 5 atom stereocenters. The van der Waals surface area contributed by atoms with Crippen LogP contribution in [0.15, 0.2) is 97.1 Å². The Hall–Kier alpha value is -3.48. The predicted octanol–water partition coefficient (Wildman–Crippen LogP) is 8.41. The van der Waals surface area contributed by atoms with Crippen molar-refractivity contribution >= 4 is 20.3 Å². The lowest BCUT2D eigenvalue weighted by Crippen LogP contribution is -2.43. The van der Waals surface area contributed by atoms with Gasteiger partial charge in [0.15, 0.2) is 8.32 Å². The molecule has 6 heteroatoms. The van der Waals surface area contributed by atoms with Crippen LogP contribution in [-0.2, 0) is 25.1 Å². The topological polar surface area (TPSA) is 61.8 Å². The second-order valence-electron chi connectivity index (χ2n) is 13.4. The maximum atomic E-state index is 13.3. The normalized spacial score (nSPS) is 22.8. The summed E-state index contributed by atoms with van der Waals surface area (Å²) in [5, 5.41) is 0.0735. The quantitative estimate of drug-likeness (QED) is 0.134. The monoisotopic (exact) mass is 596 g/mol. The standard InChI is InChI=1S/C37H44O5Si/c1-37(2,3)43(4,5)42-30(21-16-26-12-8-6-9-13-26)22-23-31-32-24-35(38)40-34(32)25-33(31)41-36(39)29-19-17-28(18-20-29)27-14-10-7-11-15-27/h6-15,17-20,22-23,30-34H,16,21,24-25H2,1-5H3/b23-22+/t30-,31+,32+,33+,34-/m0/s1. The predicted molar refractivity (Wildman–Crippen MR) is 173 cm³/mol. The lowest BCUT2D eigenvalue weighted by atomic mass is 9.91. The van der Waals surface area contributed by atoms with E-state index >= 15 is 0 Å². The maximum Gasteiger partial charge on any atom is 0.338 e. The third-order valence-corrected chi connectivity index (χ3v) is 13.9. The number of aryl methyl sites for hydroxylation is 1. The van der Waals surface area contributed by atoms with Gasteiger partial charge in [-0.2, -0.15) is 0 Å². The van der Waals surface area contributed by atoms with Gasteiger partial charge in [0.1, 0.15) is 12.2 Å². The highest BCUT2D eigenvalue weighted by molar-refractivity contribution is 6.74. The van der Waals surface area contributed by atoms with Crippen LogP contribution in [0.1, 0.15) is 56.0 Å². The van der Waals surface area contributed by atoms with Crippen molar-refractivity contribution in [3.63, 3.8) is 0 Å². The highest BCUT2D eigenvalue weighted by Crippen LogP contribution is 2.44. The van der Waals surface area contributed by atoms with Gasteiger partial charge in [0, 0.05) is 18.3 Å². The molecule has 3 aromatic carbocycles. The van der Waals surface area contributed by atoms with E-state index in [1.165, 1.54) is 5.56 Å². The van der Waals surface area contributed by atoms with Crippen molar-refractivity contribution in [2.75, 3.05) is 0 Å². The highest BCUT2D eigenvalue weighted by Gasteiger charge is 2.51. The number of ether oxygens (including phenoxy) is 2. The van der Waals surface area contributed by atoms with E-state index in [9.17, 15) is 9.59 Å². The van der Waals surface area contributed by atoms with E-state index in [0.29, 0.717) is 18.4 Å². The SMILES string of the molecule is CC(C)(C)[Si](C)(C)O[C@H](/C=C/[C@@H]1[C@H]2CC(=O)O[C@H]2C[C@H]1OC(=O)c1ccc(-c2ccccc2)cc1)CCc1ccccc1. The molecule has 0 spiro atoms. The first-order valence-corrected chi connectivity index (χ1v) is 18.4. The molecular formula is C37H44O5Si. The Morgan fingerprint density at radius 3 is 2.23 bits per heavy atom. The maximum absolute atomic E-state index is 13.3. The van der Waals surface area contributed by atoms with Crippen molar-refractivity contribution in [1.29, 1.82) is 0 Å². The molecule has 3 aromatic rings. The lowest BCUT2D eigenvalue weighted by molar-refractivity contribution is -0.141. The first-order chi connectivity index (χ1) is 20.5. The van der Waals surface area contributed by atoms with Gasteiger partial charge < -0.3 is 13.9 Å². The van der Waals surface area contributed by atoms with Gasteiger partial charge in [-0.3, -0.25) is 4.79 Å². The zero-order chi connectivity index (χ0) is 30.6. The summed E-state index contributed by atoms with van der Waals surface area (Å²) >= 11 is 0. The summed E-state index contributed by atoms with van der Waals surface area (Å²) in [6.45, 7) is 11.3. The Bertz CT molecular complexity index is 1410. The van der Waals surface area contributed by atoms with Crippen molar-refractivity contribution in [3.05, 3.63) is 108 Å². The van der Waals surface area contributed by atoms with Crippen molar-refractivity contribution in [2.45, 2.75) is 82.9 Å². The number of carbonyl (C=O) groups excluding carboxylic acids is 2. The minimum Gasteiger partial charge on any atom is -0.462 e. The van der Waals surface area contributed by atoms with E-state index in [2.05, 4.69) is 70.3 Å². The second-order valence-corrected chi connectivity index (χ2v) is 18.2. The molecule has 1 saturated heterocycles. The van der Waals surface area contributed by atoms with Crippen molar-refractivity contribution < 1.29 is 23.5 Å². The average Bonchev–Trinajstić information content (AvgIpc) is 3.50. The number of esters is 2. The lowest BCUT2D eigenvalue weighted by Gasteiger charge is -2.39. The Balaban J connectivity index is 1.33. The third kappa shape index (κ3) is 7.54. The smallest absolute Gasteiger partial charge is 0.338 e.